The van der Waals surface area contributed by atoms with Gasteiger partial charge >= 0.3 is 0 Å². The Morgan fingerprint density at radius 1 is 1.13 bits per heavy atom. The van der Waals surface area contributed by atoms with E-state index >= 15 is 0 Å². The fourth-order valence-corrected chi connectivity index (χ4v) is 1.92. The van der Waals surface area contributed by atoms with Gasteiger partial charge in [-0.3, -0.25) is 0 Å². The third-order valence-corrected chi connectivity index (χ3v) is 3.11. The number of rotatable bonds is 12. The van der Waals surface area contributed by atoms with Crippen LogP contribution in [0.25, 0.3) is 0 Å². The highest BCUT2D eigenvalue weighted by Gasteiger charge is 1.92. The van der Waals surface area contributed by atoms with Gasteiger partial charge in [-0.25, -0.2) is 0 Å². The number of unbranched alkanes of at least 4 members (excludes halogenated alkanes) is 2. The summed E-state index contributed by atoms with van der Waals surface area (Å²) >= 11 is 0. The summed E-state index contributed by atoms with van der Waals surface area (Å²) in [6, 6.07) is 1.20. The zero-order valence-corrected chi connectivity index (χ0v) is 11.1. The fourth-order valence-electron chi connectivity index (χ4n) is 1.17. The van der Waals surface area contributed by atoms with Crippen molar-refractivity contribution in [3.8, 4) is 0 Å². The van der Waals surface area contributed by atoms with Crippen LogP contribution < -0.4 is 11.1 Å². The van der Waals surface area contributed by atoms with E-state index in [2.05, 4.69) is 12.2 Å². The molecule has 0 aliphatic heterocycles. The van der Waals surface area contributed by atoms with Crippen LogP contribution in [0.3, 0.4) is 0 Å². The molecule has 0 aromatic carbocycles. The molecule has 0 fully saturated rings. The predicted octanol–water partition coefficient (Wildman–Crippen LogP) is 1.56. The Kier molecular flexibility index (Phi) is 14.2. The van der Waals surface area contributed by atoms with Gasteiger partial charge in [-0.05, 0) is 51.4 Å². The standard InChI is InChI=1S/C11H26N2OSi/c1-2-3-10-14-15-11-6-9-13-8-5-4-7-12/h13H,2-12H2,1H3. The second kappa shape index (κ2) is 14.1. The molecule has 0 aromatic heterocycles. The first-order valence-corrected chi connectivity index (χ1v) is 7.28. The molecule has 3 N–H and O–H groups in total. The quantitative estimate of drug-likeness (QED) is 0.395. The van der Waals surface area contributed by atoms with Crippen molar-refractivity contribution in [3.63, 3.8) is 0 Å². The highest BCUT2D eigenvalue weighted by molar-refractivity contribution is 6.26. The molecule has 0 spiro atoms. The summed E-state index contributed by atoms with van der Waals surface area (Å²) in [6.45, 7) is 6.18. The first kappa shape index (κ1) is 15.1. The molecule has 0 atom stereocenters. The summed E-state index contributed by atoms with van der Waals surface area (Å²) in [5, 5.41) is 3.42. The van der Waals surface area contributed by atoms with E-state index in [1.165, 1.54) is 31.7 Å². The summed E-state index contributed by atoms with van der Waals surface area (Å²) in [5.74, 6) is 0. The van der Waals surface area contributed by atoms with Gasteiger partial charge in [0, 0.05) is 6.61 Å². The normalized spacial score (nSPS) is 10.8. The van der Waals surface area contributed by atoms with Crippen molar-refractivity contribution in [2.24, 2.45) is 5.73 Å². The zero-order valence-electron chi connectivity index (χ0n) is 10.1. The van der Waals surface area contributed by atoms with E-state index in [1.807, 2.05) is 0 Å². The van der Waals surface area contributed by atoms with Crippen LogP contribution >= 0.6 is 0 Å². The summed E-state index contributed by atoms with van der Waals surface area (Å²) in [5.41, 5.74) is 5.41. The predicted molar refractivity (Wildman–Crippen MR) is 67.2 cm³/mol. The molecule has 0 amide bonds. The molecule has 0 aliphatic carbocycles. The van der Waals surface area contributed by atoms with Crippen LogP contribution in [0.5, 0.6) is 0 Å². The van der Waals surface area contributed by atoms with E-state index in [0.29, 0.717) is 9.76 Å². The van der Waals surface area contributed by atoms with Crippen LogP contribution in [-0.4, -0.2) is 36.0 Å². The summed E-state index contributed by atoms with van der Waals surface area (Å²) in [6.07, 6.45) is 5.99. The van der Waals surface area contributed by atoms with Crippen molar-refractivity contribution >= 4 is 9.76 Å². The van der Waals surface area contributed by atoms with Crippen LogP contribution in [0.4, 0.5) is 0 Å². The van der Waals surface area contributed by atoms with Crippen molar-refractivity contribution in [3.05, 3.63) is 0 Å². The molecule has 0 saturated heterocycles. The van der Waals surface area contributed by atoms with E-state index in [9.17, 15) is 0 Å². The molecular weight excluding hydrogens is 204 g/mol. The molecule has 0 unspecified atom stereocenters. The van der Waals surface area contributed by atoms with Crippen molar-refractivity contribution in [2.45, 2.75) is 45.1 Å². The summed E-state index contributed by atoms with van der Waals surface area (Å²) < 4.78 is 5.50. The Bertz CT molecular complexity index is 103. The zero-order chi connectivity index (χ0) is 11.2. The highest BCUT2D eigenvalue weighted by atomic mass is 28.2. The molecule has 15 heavy (non-hydrogen) atoms. The van der Waals surface area contributed by atoms with Crippen LogP contribution in [0.1, 0.15) is 39.0 Å². The van der Waals surface area contributed by atoms with Gasteiger partial charge in [0.05, 0.1) is 0 Å². The van der Waals surface area contributed by atoms with E-state index < -0.39 is 0 Å². The average molecular weight is 230 g/mol. The van der Waals surface area contributed by atoms with Crippen LogP contribution in [0, 0.1) is 0 Å². The molecular formula is C11H26N2OSi. The molecule has 0 aliphatic rings. The molecule has 0 aromatic rings. The van der Waals surface area contributed by atoms with Gasteiger partial charge in [0.25, 0.3) is 0 Å². The Morgan fingerprint density at radius 3 is 2.67 bits per heavy atom. The number of hydrogen-bond donors (Lipinski definition) is 2. The molecule has 3 nitrogen and oxygen atoms in total. The highest BCUT2D eigenvalue weighted by Crippen LogP contribution is 1.91. The van der Waals surface area contributed by atoms with Crippen molar-refractivity contribution in [1.82, 2.24) is 5.32 Å². The van der Waals surface area contributed by atoms with E-state index in [4.69, 9.17) is 10.2 Å². The minimum Gasteiger partial charge on any atom is -0.417 e. The fraction of sp³-hybridized carbons (Fsp3) is 1.00. The molecule has 2 radical (unpaired) electrons. The summed E-state index contributed by atoms with van der Waals surface area (Å²) in [4.78, 5) is 0. The SMILES string of the molecule is CCCCO[Si]CCCNCCCCN. The third kappa shape index (κ3) is 14.1. The van der Waals surface area contributed by atoms with Gasteiger partial charge < -0.3 is 15.5 Å². The van der Waals surface area contributed by atoms with Gasteiger partial charge in [0.2, 0.25) is 9.76 Å². The minimum atomic E-state index is 0.694. The lowest BCUT2D eigenvalue weighted by atomic mass is 10.3. The maximum atomic E-state index is 5.50. The van der Waals surface area contributed by atoms with Gasteiger partial charge in [-0.2, -0.15) is 0 Å². The monoisotopic (exact) mass is 230 g/mol. The van der Waals surface area contributed by atoms with Crippen LogP contribution in [0.15, 0.2) is 0 Å². The maximum absolute atomic E-state index is 5.50. The van der Waals surface area contributed by atoms with Gasteiger partial charge in [0.1, 0.15) is 0 Å². The number of nitrogens with two attached hydrogens (primary N) is 1. The average Bonchev–Trinajstić information content (AvgIpc) is 2.26. The molecule has 0 heterocycles. The van der Waals surface area contributed by atoms with Crippen LogP contribution in [-0.2, 0) is 4.43 Å². The number of hydrogen-bond acceptors (Lipinski definition) is 3. The Balaban J connectivity index is 2.81. The van der Waals surface area contributed by atoms with Crippen molar-refractivity contribution in [1.29, 1.82) is 0 Å². The summed E-state index contributed by atoms with van der Waals surface area (Å²) in [7, 11) is 0.694. The van der Waals surface area contributed by atoms with Gasteiger partial charge in [0.15, 0.2) is 0 Å². The van der Waals surface area contributed by atoms with E-state index in [1.54, 1.807) is 0 Å². The lowest BCUT2D eigenvalue weighted by Gasteiger charge is -2.04. The Labute approximate surface area is 97.1 Å². The molecule has 0 bridgehead atoms. The smallest absolute Gasteiger partial charge is 0.229 e. The minimum absolute atomic E-state index is 0.694. The lowest BCUT2D eigenvalue weighted by Crippen LogP contribution is -2.18. The molecule has 4 heteroatoms. The Morgan fingerprint density at radius 2 is 1.93 bits per heavy atom. The third-order valence-electron chi connectivity index (χ3n) is 2.14. The maximum Gasteiger partial charge on any atom is 0.229 e. The van der Waals surface area contributed by atoms with E-state index in [-0.39, 0.29) is 0 Å². The van der Waals surface area contributed by atoms with Crippen molar-refractivity contribution < 1.29 is 4.43 Å². The first-order valence-electron chi connectivity index (χ1n) is 6.17. The topological polar surface area (TPSA) is 47.3 Å². The second-order valence-electron chi connectivity index (χ2n) is 3.70. The second-order valence-corrected chi connectivity index (χ2v) is 4.77. The van der Waals surface area contributed by atoms with Gasteiger partial charge in [-0.1, -0.05) is 13.3 Å². The van der Waals surface area contributed by atoms with Crippen LogP contribution in [0.2, 0.25) is 6.04 Å². The Hall–Kier alpha value is 0.0969. The molecule has 0 rings (SSSR count). The van der Waals surface area contributed by atoms with E-state index in [0.717, 1.165) is 32.7 Å². The first-order chi connectivity index (χ1) is 7.41. The van der Waals surface area contributed by atoms with Crippen molar-refractivity contribution in [2.75, 3.05) is 26.2 Å². The number of nitrogens with one attached hydrogen (secondary N) is 1. The largest absolute Gasteiger partial charge is 0.417 e. The molecule has 0 saturated carbocycles. The molecule has 90 valence electrons. The lowest BCUT2D eigenvalue weighted by molar-refractivity contribution is 0.325. The van der Waals surface area contributed by atoms with Gasteiger partial charge in [-0.15, -0.1) is 0 Å².